The molecule has 1 unspecified atom stereocenters. The summed E-state index contributed by atoms with van der Waals surface area (Å²) in [5.41, 5.74) is 1.07. The van der Waals surface area contributed by atoms with E-state index in [1.54, 1.807) is 0 Å². The molecule has 1 rings (SSSR count). The van der Waals surface area contributed by atoms with E-state index in [0.29, 0.717) is 0 Å². The summed E-state index contributed by atoms with van der Waals surface area (Å²) in [6.45, 7) is 6.02. The zero-order chi connectivity index (χ0) is 9.84. The molecule has 0 aromatic carbocycles. The van der Waals surface area contributed by atoms with Crippen molar-refractivity contribution in [3.63, 3.8) is 0 Å². The number of aryl methyl sites for hydroxylation is 2. The molecule has 0 aliphatic carbocycles. The van der Waals surface area contributed by atoms with Crippen molar-refractivity contribution in [2.24, 2.45) is 0 Å². The van der Waals surface area contributed by atoms with Gasteiger partial charge in [-0.05, 0) is 13.3 Å². The van der Waals surface area contributed by atoms with Crippen molar-refractivity contribution in [1.82, 2.24) is 9.55 Å². The van der Waals surface area contributed by atoms with Gasteiger partial charge in [0.25, 0.3) is 0 Å². The molecule has 0 aliphatic rings. The minimum atomic E-state index is -0.109. The molecule has 0 saturated heterocycles. The quantitative estimate of drug-likeness (QED) is 0.709. The van der Waals surface area contributed by atoms with Gasteiger partial charge in [0.1, 0.15) is 11.9 Å². The lowest BCUT2D eigenvalue weighted by Gasteiger charge is -2.06. The summed E-state index contributed by atoms with van der Waals surface area (Å²) in [6, 6.07) is 2.11. The second-order valence-corrected chi connectivity index (χ2v) is 3.07. The fraction of sp³-hybridized carbons (Fsp3) is 0.600. The Morgan fingerprint density at radius 3 is 2.69 bits per heavy atom. The van der Waals surface area contributed by atoms with Gasteiger partial charge < -0.3 is 4.57 Å². The number of nitrogens with zero attached hydrogens (tertiary/aromatic N) is 3. The molecule has 3 heteroatoms. The lowest BCUT2D eigenvalue weighted by Crippen LogP contribution is -2.05. The number of rotatable bonds is 3. The van der Waals surface area contributed by atoms with Gasteiger partial charge in [-0.1, -0.05) is 13.8 Å². The van der Waals surface area contributed by atoms with Crippen LogP contribution in [0.4, 0.5) is 0 Å². The molecular formula is C10H15N3. The third-order valence-corrected chi connectivity index (χ3v) is 2.14. The summed E-state index contributed by atoms with van der Waals surface area (Å²) in [5.74, 6) is 1.01. The maximum Gasteiger partial charge on any atom is 0.119 e. The molecule has 1 aromatic rings. The standard InChI is InChI=1S/C10H15N3/c1-4-9-7-13(8(3)6-11)10(5-2)12-9/h7-8H,4-5H2,1-3H3. The molecule has 0 fully saturated rings. The summed E-state index contributed by atoms with van der Waals surface area (Å²) in [6.07, 6.45) is 3.79. The lowest BCUT2D eigenvalue weighted by molar-refractivity contribution is 0.634. The van der Waals surface area contributed by atoms with Crippen LogP contribution >= 0.6 is 0 Å². The van der Waals surface area contributed by atoms with Crippen molar-refractivity contribution in [3.05, 3.63) is 17.7 Å². The van der Waals surface area contributed by atoms with Crippen LogP contribution in [0.5, 0.6) is 0 Å². The average Bonchev–Trinajstić information content (AvgIpc) is 2.59. The van der Waals surface area contributed by atoms with E-state index in [2.05, 4.69) is 24.9 Å². The fourth-order valence-corrected chi connectivity index (χ4v) is 1.32. The first kappa shape index (κ1) is 9.79. The second kappa shape index (κ2) is 4.08. The maximum atomic E-state index is 8.79. The van der Waals surface area contributed by atoms with Crippen LogP contribution in [0, 0.1) is 11.3 Å². The van der Waals surface area contributed by atoms with E-state index in [9.17, 15) is 0 Å². The average molecular weight is 177 g/mol. The van der Waals surface area contributed by atoms with Gasteiger partial charge in [-0.2, -0.15) is 5.26 Å². The Morgan fingerprint density at radius 1 is 1.54 bits per heavy atom. The highest BCUT2D eigenvalue weighted by molar-refractivity contribution is 5.08. The van der Waals surface area contributed by atoms with Crippen LogP contribution in [0.1, 0.15) is 38.3 Å². The highest BCUT2D eigenvalue weighted by Crippen LogP contribution is 2.11. The molecule has 70 valence electrons. The van der Waals surface area contributed by atoms with Crippen molar-refractivity contribution in [2.75, 3.05) is 0 Å². The van der Waals surface area contributed by atoms with Gasteiger partial charge in [0.2, 0.25) is 0 Å². The van der Waals surface area contributed by atoms with Gasteiger partial charge in [0.05, 0.1) is 11.8 Å². The first-order valence-electron chi connectivity index (χ1n) is 4.69. The largest absolute Gasteiger partial charge is 0.318 e. The summed E-state index contributed by atoms with van der Waals surface area (Å²) in [5, 5.41) is 8.79. The van der Waals surface area contributed by atoms with Crippen LogP contribution in [-0.4, -0.2) is 9.55 Å². The van der Waals surface area contributed by atoms with Crippen LogP contribution in [0.2, 0.25) is 0 Å². The summed E-state index contributed by atoms with van der Waals surface area (Å²) in [4.78, 5) is 4.43. The van der Waals surface area contributed by atoms with Crippen LogP contribution in [-0.2, 0) is 12.8 Å². The molecule has 0 amide bonds. The van der Waals surface area contributed by atoms with Gasteiger partial charge in [0, 0.05) is 12.6 Å². The van der Waals surface area contributed by atoms with Gasteiger partial charge in [-0.15, -0.1) is 0 Å². The van der Waals surface area contributed by atoms with Crippen LogP contribution in [0.3, 0.4) is 0 Å². The second-order valence-electron chi connectivity index (χ2n) is 3.07. The van der Waals surface area contributed by atoms with Gasteiger partial charge in [-0.3, -0.25) is 0 Å². The Hall–Kier alpha value is -1.30. The number of nitriles is 1. The van der Waals surface area contributed by atoms with E-state index < -0.39 is 0 Å². The van der Waals surface area contributed by atoms with Crippen molar-refractivity contribution < 1.29 is 0 Å². The van der Waals surface area contributed by atoms with Crippen molar-refractivity contribution in [2.45, 2.75) is 39.7 Å². The van der Waals surface area contributed by atoms with E-state index >= 15 is 0 Å². The summed E-state index contributed by atoms with van der Waals surface area (Å²) < 4.78 is 1.96. The molecular weight excluding hydrogens is 162 g/mol. The summed E-state index contributed by atoms with van der Waals surface area (Å²) in [7, 11) is 0. The van der Waals surface area contributed by atoms with E-state index in [-0.39, 0.29) is 6.04 Å². The lowest BCUT2D eigenvalue weighted by atomic mass is 10.3. The molecule has 13 heavy (non-hydrogen) atoms. The first-order chi connectivity index (χ1) is 6.22. The molecule has 0 N–H and O–H groups in total. The monoisotopic (exact) mass is 177 g/mol. The minimum absolute atomic E-state index is 0.109. The molecule has 1 aromatic heterocycles. The smallest absolute Gasteiger partial charge is 0.119 e. The molecule has 0 saturated carbocycles. The molecule has 0 radical (unpaired) electrons. The fourth-order valence-electron chi connectivity index (χ4n) is 1.32. The Kier molecular flexibility index (Phi) is 3.07. The number of hydrogen-bond acceptors (Lipinski definition) is 2. The predicted octanol–water partition coefficient (Wildman–Crippen LogP) is 2.09. The zero-order valence-electron chi connectivity index (χ0n) is 8.41. The SMILES string of the molecule is CCc1cn(C(C)C#N)c(CC)n1. The highest BCUT2D eigenvalue weighted by atomic mass is 15.1. The van der Waals surface area contributed by atoms with E-state index in [0.717, 1.165) is 24.4 Å². The van der Waals surface area contributed by atoms with Crippen molar-refractivity contribution in [1.29, 1.82) is 5.26 Å². The van der Waals surface area contributed by atoms with E-state index in [4.69, 9.17) is 5.26 Å². The Balaban J connectivity index is 3.05. The Labute approximate surface area is 79.0 Å². The number of imidazole rings is 1. The van der Waals surface area contributed by atoms with Crippen LogP contribution < -0.4 is 0 Å². The Bertz CT molecular complexity index is 319. The van der Waals surface area contributed by atoms with E-state index in [1.807, 2.05) is 17.7 Å². The normalized spacial score (nSPS) is 12.5. The van der Waals surface area contributed by atoms with Gasteiger partial charge >= 0.3 is 0 Å². The Morgan fingerprint density at radius 2 is 2.23 bits per heavy atom. The van der Waals surface area contributed by atoms with Crippen LogP contribution in [0.25, 0.3) is 0 Å². The first-order valence-corrected chi connectivity index (χ1v) is 4.69. The molecule has 0 bridgehead atoms. The van der Waals surface area contributed by atoms with Crippen LogP contribution in [0.15, 0.2) is 6.20 Å². The van der Waals surface area contributed by atoms with E-state index in [1.165, 1.54) is 0 Å². The molecule has 0 aliphatic heterocycles. The molecule has 0 spiro atoms. The summed E-state index contributed by atoms with van der Waals surface area (Å²) >= 11 is 0. The third-order valence-electron chi connectivity index (χ3n) is 2.14. The van der Waals surface area contributed by atoms with Gasteiger partial charge in [-0.25, -0.2) is 4.98 Å². The number of hydrogen-bond donors (Lipinski definition) is 0. The number of aromatic nitrogens is 2. The third kappa shape index (κ3) is 1.89. The molecule has 3 nitrogen and oxygen atoms in total. The highest BCUT2D eigenvalue weighted by Gasteiger charge is 2.09. The molecule has 1 heterocycles. The predicted molar refractivity (Wildman–Crippen MR) is 51.3 cm³/mol. The zero-order valence-corrected chi connectivity index (χ0v) is 8.41. The topological polar surface area (TPSA) is 41.6 Å². The minimum Gasteiger partial charge on any atom is -0.318 e. The molecule has 1 atom stereocenters. The van der Waals surface area contributed by atoms with Crippen molar-refractivity contribution >= 4 is 0 Å². The van der Waals surface area contributed by atoms with Gasteiger partial charge in [0.15, 0.2) is 0 Å². The maximum absolute atomic E-state index is 8.79. The van der Waals surface area contributed by atoms with Crippen molar-refractivity contribution in [3.8, 4) is 6.07 Å².